The van der Waals surface area contributed by atoms with Crippen molar-refractivity contribution in [3.8, 4) is 0 Å². The van der Waals surface area contributed by atoms with Gasteiger partial charge in [0.25, 0.3) is 0 Å². The highest BCUT2D eigenvalue weighted by Crippen LogP contribution is 2.30. The number of hydrogen-bond donors (Lipinski definition) is 1. The minimum absolute atomic E-state index is 0. The van der Waals surface area contributed by atoms with E-state index in [4.69, 9.17) is 9.47 Å². The number of quaternary nitrogens is 1. The van der Waals surface area contributed by atoms with Crippen LogP contribution in [0.4, 0.5) is 0 Å². The zero-order chi connectivity index (χ0) is 36.5. The summed E-state index contributed by atoms with van der Waals surface area (Å²) in [6, 6.07) is -0.631. The second-order valence-corrected chi connectivity index (χ2v) is 14.9. The predicted molar refractivity (Wildman–Crippen MR) is 207 cm³/mol. The average molecular weight is 773 g/mol. The molecule has 6 nitrogen and oxygen atoms in total. The van der Waals surface area contributed by atoms with Crippen molar-refractivity contribution in [1.29, 1.82) is 0 Å². The molecule has 0 spiro atoms. The minimum Gasteiger partial charge on any atom is -1.00 e. The van der Waals surface area contributed by atoms with Crippen LogP contribution in [-0.2, 0) is 19.1 Å². The molecule has 0 aromatic carbocycles. The fraction of sp³-hybridized carbons (Fsp3) is 0.860. The first-order valence-corrected chi connectivity index (χ1v) is 20.9. The van der Waals surface area contributed by atoms with Gasteiger partial charge >= 0.3 is 17.7 Å². The van der Waals surface area contributed by atoms with Crippen molar-refractivity contribution in [3.05, 3.63) is 24.3 Å². The van der Waals surface area contributed by atoms with Crippen LogP contribution in [0.1, 0.15) is 214 Å². The fourth-order valence-electron chi connectivity index (χ4n) is 6.28. The van der Waals surface area contributed by atoms with Crippen LogP contribution < -0.4 is 17.0 Å². The molecule has 0 bridgehead atoms. The normalized spacial score (nSPS) is 12.8. The lowest BCUT2D eigenvalue weighted by atomic mass is 10.0. The molecular weight excluding hydrogens is 690 g/mol. The quantitative estimate of drug-likeness (QED) is 0.0174. The van der Waals surface area contributed by atoms with Gasteiger partial charge in [0.1, 0.15) is 0 Å². The van der Waals surface area contributed by atoms with Gasteiger partial charge in [-0.2, -0.15) is 4.65 Å². The zero-order valence-corrected chi connectivity index (χ0v) is 35.4. The van der Waals surface area contributed by atoms with Gasteiger partial charge in [0.05, 0.1) is 14.1 Å². The topological polar surface area (TPSA) is 72.8 Å². The Morgan fingerprint density at radius 2 is 0.820 bits per heavy atom. The van der Waals surface area contributed by atoms with E-state index in [1.807, 2.05) is 6.92 Å². The first kappa shape index (κ1) is 50.9. The molecule has 1 atom stereocenters. The highest BCUT2D eigenvalue weighted by Gasteiger charge is 2.51. The number of nitrogens with zero attached hydrogens (tertiary/aromatic N) is 1. The van der Waals surface area contributed by atoms with Crippen LogP contribution in [0, 0.1) is 0 Å². The van der Waals surface area contributed by atoms with Gasteiger partial charge in [-0.1, -0.05) is 148 Å². The van der Waals surface area contributed by atoms with E-state index in [1.165, 1.54) is 103 Å². The molecule has 0 aromatic rings. The van der Waals surface area contributed by atoms with Gasteiger partial charge in [0, 0.05) is 19.3 Å². The summed E-state index contributed by atoms with van der Waals surface area (Å²) in [5.41, 5.74) is 0. The maximum atomic E-state index is 13.0. The van der Waals surface area contributed by atoms with Crippen LogP contribution in [-0.4, -0.2) is 47.7 Å². The van der Waals surface area contributed by atoms with Crippen LogP contribution in [0.5, 0.6) is 0 Å². The van der Waals surface area contributed by atoms with Crippen LogP contribution in [0.25, 0.3) is 0 Å². The second kappa shape index (κ2) is 34.9. The van der Waals surface area contributed by atoms with Crippen molar-refractivity contribution in [2.75, 3.05) is 14.1 Å². The Hall–Kier alpha value is -1.18. The lowest BCUT2D eigenvalue weighted by Gasteiger charge is -2.40. The molecule has 0 rings (SSSR count). The van der Waals surface area contributed by atoms with Gasteiger partial charge in [-0.25, -0.2) is 5.21 Å². The number of esters is 2. The number of hydrogen-bond acceptors (Lipinski definition) is 5. The number of hydroxylamine groups is 3. The SMILES string of the molecule is CCCCCCCC/C=C\CCCCCCCC(=O)OC(CC)(OC(=O)CCCCCCC/C=C\CCCCCCCC)C(C)[N+](C)(C)O.[Br-]. The Morgan fingerprint density at radius 3 is 1.10 bits per heavy atom. The number of allylic oxidation sites excluding steroid dienone is 4. The molecule has 0 amide bonds. The number of rotatable bonds is 35. The summed E-state index contributed by atoms with van der Waals surface area (Å²) in [6.45, 7) is 8.14. The molecule has 7 heteroatoms. The van der Waals surface area contributed by atoms with E-state index < -0.39 is 16.5 Å². The van der Waals surface area contributed by atoms with Gasteiger partial charge in [-0.3, -0.25) is 9.59 Å². The van der Waals surface area contributed by atoms with Gasteiger partial charge < -0.3 is 26.5 Å². The Bertz CT molecular complexity index is 784. The highest BCUT2D eigenvalue weighted by atomic mass is 79.9. The lowest BCUT2D eigenvalue weighted by molar-refractivity contribution is -1.10. The van der Waals surface area contributed by atoms with Crippen molar-refractivity contribution >= 4 is 11.9 Å². The van der Waals surface area contributed by atoms with Gasteiger partial charge in [-0.15, -0.1) is 0 Å². The van der Waals surface area contributed by atoms with Crippen LogP contribution in [0.3, 0.4) is 0 Å². The Kier molecular flexibility index (Phi) is 35.5. The summed E-state index contributed by atoms with van der Waals surface area (Å²) in [5, 5.41) is 10.8. The molecule has 1 N–H and O–H groups in total. The summed E-state index contributed by atoms with van der Waals surface area (Å²) < 4.78 is 11.4. The van der Waals surface area contributed by atoms with E-state index in [0.29, 0.717) is 0 Å². The average Bonchev–Trinajstić information content (AvgIpc) is 3.07. The summed E-state index contributed by atoms with van der Waals surface area (Å²) in [6.07, 6.45) is 41.4. The molecule has 0 aliphatic heterocycles. The van der Waals surface area contributed by atoms with Gasteiger partial charge in [-0.05, 0) is 71.1 Å². The number of halogens is 1. The number of ether oxygens (including phenoxy) is 2. The predicted octanol–water partition coefficient (Wildman–Crippen LogP) is 10.1. The van der Waals surface area contributed by atoms with Crippen LogP contribution >= 0.6 is 0 Å². The fourth-order valence-corrected chi connectivity index (χ4v) is 6.28. The maximum absolute atomic E-state index is 13.0. The third-order valence-corrected chi connectivity index (χ3v) is 9.94. The van der Waals surface area contributed by atoms with E-state index in [-0.39, 0.29) is 48.2 Å². The molecule has 50 heavy (non-hydrogen) atoms. The molecular formula is C43H82BrNO5. The second-order valence-electron chi connectivity index (χ2n) is 14.9. The largest absolute Gasteiger partial charge is 1.00 e. The van der Waals surface area contributed by atoms with E-state index in [1.54, 1.807) is 21.0 Å². The monoisotopic (exact) mass is 772 g/mol. The highest BCUT2D eigenvalue weighted by molar-refractivity contribution is 5.72. The van der Waals surface area contributed by atoms with Gasteiger partial charge in [0.15, 0.2) is 6.04 Å². The zero-order valence-electron chi connectivity index (χ0n) is 33.8. The molecule has 0 aliphatic rings. The Balaban J connectivity index is 0. The number of likely N-dealkylation sites (N-methyl/N-ethyl adjacent to an activating group) is 1. The first-order chi connectivity index (χ1) is 23.6. The van der Waals surface area contributed by atoms with E-state index >= 15 is 0 Å². The summed E-state index contributed by atoms with van der Waals surface area (Å²) in [5.74, 6) is -2.22. The molecule has 0 saturated carbocycles. The molecule has 0 aromatic heterocycles. The Labute approximate surface area is 320 Å². The standard InChI is InChI=1S/C43H82NO5.BrH/c1-7-10-12-14-16-18-20-22-24-26-28-30-32-34-36-38-41(45)48-43(9-3,40(4)44(5,6)47)49-42(46)39-37-35-33-31-29-27-25-23-21-19-17-15-13-11-8-2;/h22-25,40,47H,7-21,26-39H2,1-6H3;1H/q+1;/p-1/b24-22-,25-23-;. The van der Waals surface area contributed by atoms with Crippen molar-refractivity contribution in [2.24, 2.45) is 0 Å². The minimum atomic E-state index is -1.49. The third-order valence-electron chi connectivity index (χ3n) is 9.94. The molecule has 1 unspecified atom stereocenters. The number of carbonyl (C=O) groups excluding carboxylic acids is 2. The summed E-state index contributed by atoms with van der Waals surface area (Å²) in [7, 11) is 3.23. The molecule has 0 radical (unpaired) electrons. The van der Waals surface area contributed by atoms with Crippen molar-refractivity contribution in [1.82, 2.24) is 0 Å². The molecule has 0 saturated heterocycles. The third kappa shape index (κ3) is 29.4. The van der Waals surface area contributed by atoms with E-state index in [2.05, 4.69) is 38.2 Å². The number of unbranched alkanes of at least 4 members (excludes halogenated alkanes) is 22. The number of carbonyl (C=O) groups is 2. The van der Waals surface area contributed by atoms with Gasteiger partial charge in [0.2, 0.25) is 0 Å². The smallest absolute Gasteiger partial charge is 0.310 e. The van der Waals surface area contributed by atoms with E-state index in [9.17, 15) is 14.8 Å². The van der Waals surface area contributed by atoms with Crippen molar-refractivity contribution < 1.29 is 45.9 Å². The molecule has 0 fully saturated rings. The summed E-state index contributed by atoms with van der Waals surface area (Å²) >= 11 is 0. The van der Waals surface area contributed by atoms with Crippen molar-refractivity contribution in [2.45, 2.75) is 226 Å². The van der Waals surface area contributed by atoms with E-state index in [0.717, 1.165) is 64.2 Å². The molecule has 0 heterocycles. The maximum Gasteiger partial charge on any atom is 0.310 e. The lowest BCUT2D eigenvalue weighted by Crippen LogP contribution is -3.00. The Morgan fingerprint density at radius 1 is 0.540 bits per heavy atom. The summed E-state index contributed by atoms with van der Waals surface area (Å²) in [4.78, 5) is 25.9. The first-order valence-electron chi connectivity index (χ1n) is 20.9. The molecule has 0 aliphatic carbocycles. The van der Waals surface area contributed by atoms with Crippen molar-refractivity contribution in [3.63, 3.8) is 0 Å². The van der Waals surface area contributed by atoms with Crippen LogP contribution in [0.2, 0.25) is 0 Å². The molecule has 296 valence electrons. The van der Waals surface area contributed by atoms with Crippen LogP contribution in [0.15, 0.2) is 24.3 Å².